The summed E-state index contributed by atoms with van der Waals surface area (Å²) < 4.78 is 23.1. The van der Waals surface area contributed by atoms with E-state index in [4.69, 9.17) is 28.5 Å². The molecule has 2 aromatic rings. The average molecular weight is 328 g/mol. The monoisotopic (exact) mass is 328 g/mol. The molecule has 2 aliphatic carbocycles. The van der Waals surface area contributed by atoms with Gasteiger partial charge in [-0.1, -0.05) is 6.42 Å². The maximum atomic E-state index is 6.13. The van der Waals surface area contributed by atoms with Crippen LogP contribution in [0, 0.1) is 11.8 Å². The molecule has 4 atom stereocenters. The van der Waals surface area contributed by atoms with E-state index in [1.165, 1.54) is 0 Å². The van der Waals surface area contributed by atoms with Crippen LogP contribution in [0.25, 0.3) is 0 Å². The van der Waals surface area contributed by atoms with Crippen LogP contribution in [-0.4, -0.2) is 20.0 Å². The van der Waals surface area contributed by atoms with Gasteiger partial charge in [-0.3, -0.25) is 0 Å². The highest BCUT2D eigenvalue weighted by atomic mass is 16.7. The summed E-state index contributed by atoms with van der Waals surface area (Å²) in [4.78, 5) is 0. The number of methoxy groups -OCH3 is 2. The smallest absolute Gasteiger partial charge is 0.232 e. The summed E-state index contributed by atoms with van der Waals surface area (Å²) in [5.41, 5.74) is 0.550. The number of fused-ring (bicyclic) bond motifs is 5. The van der Waals surface area contributed by atoms with E-state index in [1.807, 2.05) is 12.1 Å². The van der Waals surface area contributed by atoms with Crippen molar-refractivity contribution in [2.45, 2.75) is 36.1 Å². The molecule has 126 valence electrons. The Balaban J connectivity index is 1.85. The van der Waals surface area contributed by atoms with Gasteiger partial charge in [-0.15, -0.1) is 0 Å². The van der Waals surface area contributed by atoms with Gasteiger partial charge in [0.1, 0.15) is 0 Å². The van der Waals surface area contributed by atoms with Crippen molar-refractivity contribution < 1.29 is 18.3 Å². The van der Waals surface area contributed by atoms with Crippen LogP contribution < -0.4 is 0 Å². The van der Waals surface area contributed by atoms with Crippen LogP contribution >= 0.6 is 0 Å². The third kappa shape index (κ3) is 1.23. The Hall–Kier alpha value is -1.92. The first-order chi connectivity index (χ1) is 11.8. The van der Waals surface area contributed by atoms with E-state index in [0.29, 0.717) is 11.8 Å². The molecule has 0 N–H and O–H groups in total. The van der Waals surface area contributed by atoms with E-state index >= 15 is 0 Å². The second-order valence-corrected chi connectivity index (χ2v) is 6.93. The lowest BCUT2D eigenvalue weighted by Gasteiger charge is -2.43. The molecule has 5 rings (SSSR count). The van der Waals surface area contributed by atoms with Crippen molar-refractivity contribution in [3.63, 3.8) is 0 Å². The average Bonchev–Trinajstić information content (AvgIpc) is 3.42. The maximum absolute atomic E-state index is 6.13. The molecule has 0 radical (unpaired) electrons. The SMILES string of the molecule is COC1(OC)[C@]2(c3ccoc3)N=N[C@@]1(c1ccoc1)[C@H]1CCC[C@H]12. The third-order valence-electron chi connectivity index (χ3n) is 6.46. The Kier molecular flexibility index (Phi) is 2.75. The first-order valence-corrected chi connectivity index (χ1v) is 8.36. The van der Waals surface area contributed by atoms with Gasteiger partial charge in [0.15, 0.2) is 11.1 Å². The molecule has 24 heavy (non-hydrogen) atoms. The van der Waals surface area contributed by atoms with Crippen molar-refractivity contribution in [3.05, 3.63) is 48.3 Å². The molecule has 0 saturated heterocycles. The predicted octanol–water partition coefficient (Wildman–Crippen LogP) is 3.85. The van der Waals surface area contributed by atoms with Crippen LogP contribution in [0.3, 0.4) is 0 Å². The Morgan fingerprint density at radius 1 is 0.917 bits per heavy atom. The molecule has 2 saturated carbocycles. The van der Waals surface area contributed by atoms with Gasteiger partial charge in [0, 0.05) is 37.2 Å². The van der Waals surface area contributed by atoms with E-state index in [2.05, 4.69) is 0 Å². The minimum Gasteiger partial charge on any atom is -0.472 e. The first-order valence-electron chi connectivity index (χ1n) is 8.36. The minimum absolute atomic E-state index is 0.294. The molecule has 0 aromatic carbocycles. The fourth-order valence-corrected chi connectivity index (χ4v) is 5.77. The third-order valence-corrected chi connectivity index (χ3v) is 6.46. The number of azo groups is 1. The van der Waals surface area contributed by atoms with E-state index in [0.717, 1.165) is 30.4 Å². The molecule has 2 fully saturated rings. The molecule has 6 heteroatoms. The zero-order chi connectivity index (χ0) is 16.4. The lowest BCUT2D eigenvalue weighted by molar-refractivity contribution is -0.263. The van der Waals surface area contributed by atoms with Gasteiger partial charge in [0.2, 0.25) is 5.79 Å². The standard InChI is InChI=1S/C18H20N2O4/c1-21-18(22-2)16(12-6-8-23-10-12)14-4-3-5-15(14)17(18,20-19-16)13-7-9-24-11-13/h6-11,14-15H,3-5H2,1-2H3/t14-,15+,16-,17+. The van der Waals surface area contributed by atoms with E-state index in [-0.39, 0.29) is 0 Å². The molecule has 0 spiro atoms. The molecular formula is C18H20N2O4. The summed E-state index contributed by atoms with van der Waals surface area (Å²) in [5.74, 6) is -0.423. The Labute approximate surface area is 139 Å². The maximum Gasteiger partial charge on any atom is 0.232 e. The van der Waals surface area contributed by atoms with Crippen LogP contribution in [0.2, 0.25) is 0 Å². The number of hydrogen-bond acceptors (Lipinski definition) is 6. The number of nitrogens with zero attached hydrogens (tertiary/aromatic N) is 2. The highest BCUT2D eigenvalue weighted by Gasteiger charge is 2.84. The van der Waals surface area contributed by atoms with Crippen molar-refractivity contribution in [3.8, 4) is 0 Å². The second-order valence-electron chi connectivity index (χ2n) is 6.93. The zero-order valence-electron chi connectivity index (χ0n) is 13.8. The van der Waals surface area contributed by atoms with Crippen LogP contribution in [0.15, 0.2) is 56.2 Å². The highest BCUT2D eigenvalue weighted by molar-refractivity contribution is 5.44. The van der Waals surface area contributed by atoms with Crippen molar-refractivity contribution in [2.24, 2.45) is 22.1 Å². The number of ether oxygens (including phenoxy) is 2. The normalized spacial score (nSPS) is 38.8. The van der Waals surface area contributed by atoms with Crippen LogP contribution in [0.1, 0.15) is 30.4 Å². The topological polar surface area (TPSA) is 69.5 Å². The highest BCUT2D eigenvalue weighted by Crippen LogP contribution is 2.75. The molecule has 2 bridgehead atoms. The molecule has 6 nitrogen and oxygen atoms in total. The lowest BCUT2D eigenvalue weighted by Crippen LogP contribution is -2.58. The van der Waals surface area contributed by atoms with Gasteiger partial charge >= 0.3 is 0 Å². The fourth-order valence-electron chi connectivity index (χ4n) is 5.77. The van der Waals surface area contributed by atoms with E-state index < -0.39 is 16.9 Å². The van der Waals surface area contributed by atoms with Crippen molar-refractivity contribution in [1.82, 2.24) is 0 Å². The van der Waals surface area contributed by atoms with Gasteiger partial charge in [-0.2, -0.15) is 10.2 Å². The number of hydrogen-bond donors (Lipinski definition) is 0. The van der Waals surface area contributed by atoms with Crippen LogP contribution in [0.4, 0.5) is 0 Å². The van der Waals surface area contributed by atoms with Crippen LogP contribution in [0.5, 0.6) is 0 Å². The van der Waals surface area contributed by atoms with Gasteiger partial charge in [0.05, 0.1) is 25.1 Å². The van der Waals surface area contributed by atoms with Crippen molar-refractivity contribution in [1.29, 1.82) is 0 Å². The quantitative estimate of drug-likeness (QED) is 0.799. The Morgan fingerprint density at radius 3 is 1.79 bits per heavy atom. The number of furan rings is 2. The second kappa shape index (κ2) is 4.58. The van der Waals surface area contributed by atoms with E-state index in [1.54, 1.807) is 39.3 Å². The van der Waals surface area contributed by atoms with Gasteiger partial charge in [-0.05, 0) is 25.0 Å². The summed E-state index contributed by atoms with van der Waals surface area (Å²) in [6.45, 7) is 0. The van der Waals surface area contributed by atoms with E-state index in [9.17, 15) is 0 Å². The molecule has 0 amide bonds. The minimum atomic E-state index is -1.01. The Bertz CT molecular complexity index is 705. The zero-order valence-corrected chi connectivity index (χ0v) is 13.8. The molecule has 3 aliphatic rings. The Morgan fingerprint density at radius 2 is 1.42 bits per heavy atom. The van der Waals surface area contributed by atoms with Gasteiger partial charge < -0.3 is 18.3 Å². The molecule has 2 aromatic heterocycles. The van der Waals surface area contributed by atoms with Gasteiger partial charge in [0.25, 0.3) is 0 Å². The van der Waals surface area contributed by atoms with Crippen LogP contribution in [-0.2, 0) is 20.6 Å². The summed E-state index contributed by atoms with van der Waals surface area (Å²) in [6.07, 6.45) is 10.1. The van der Waals surface area contributed by atoms with Crippen molar-refractivity contribution >= 4 is 0 Å². The van der Waals surface area contributed by atoms with Crippen molar-refractivity contribution in [2.75, 3.05) is 14.2 Å². The summed E-state index contributed by atoms with van der Waals surface area (Å²) >= 11 is 0. The largest absolute Gasteiger partial charge is 0.472 e. The summed E-state index contributed by atoms with van der Waals surface area (Å²) in [7, 11) is 3.37. The molecular weight excluding hydrogens is 308 g/mol. The number of rotatable bonds is 4. The molecule has 1 aliphatic heterocycles. The predicted molar refractivity (Wildman–Crippen MR) is 83.2 cm³/mol. The molecule has 0 unspecified atom stereocenters. The summed E-state index contributed by atoms with van der Waals surface area (Å²) in [5, 5.41) is 9.63. The first kappa shape index (κ1) is 14.4. The fraction of sp³-hybridized carbons (Fsp3) is 0.556. The molecule has 3 heterocycles. The summed E-state index contributed by atoms with van der Waals surface area (Å²) in [6, 6.07) is 3.91. The van der Waals surface area contributed by atoms with Gasteiger partial charge in [-0.25, -0.2) is 0 Å². The lowest BCUT2D eigenvalue weighted by atomic mass is 9.75.